The number of amides is 1. The molecule has 0 atom stereocenters. The predicted octanol–water partition coefficient (Wildman–Crippen LogP) is 4.38. The van der Waals surface area contributed by atoms with Crippen LogP contribution in [-0.2, 0) is 17.8 Å². The van der Waals surface area contributed by atoms with Crippen molar-refractivity contribution in [3.05, 3.63) is 63.2 Å². The predicted molar refractivity (Wildman–Crippen MR) is 110 cm³/mol. The second-order valence-corrected chi connectivity index (χ2v) is 8.44. The number of rotatable bonds is 8. The molecule has 0 aliphatic heterocycles. The maximum atomic E-state index is 12.5. The van der Waals surface area contributed by atoms with Crippen LogP contribution in [0, 0.1) is 0 Å². The molecule has 30 heavy (non-hydrogen) atoms. The van der Waals surface area contributed by atoms with Gasteiger partial charge in [0.25, 0.3) is 5.91 Å². The third-order valence-electron chi connectivity index (χ3n) is 4.05. The molecule has 0 saturated heterocycles. The van der Waals surface area contributed by atoms with Gasteiger partial charge in [0.1, 0.15) is 5.75 Å². The average molecular weight is 454 g/mol. The fourth-order valence-corrected chi connectivity index (χ4v) is 4.31. The van der Waals surface area contributed by atoms with Gasteiger partial charge >= 0.3 is 12.1 Å². The third-order valence-corrected chi connectivity index (χ3v) is 6.13. The first-order valence-corrected chi connectivity index (χ1v) is 10.5. The van der Waals surface area contributed by atoms with Crippen LogP contribution in [0.15, 0.2) is 47.8 Å². The molecular weight excluding hydrogens is 437 g/mol. The molecule has 0 saturated carbocycles. The van der Waals surface area contributed by atoms with Gasteiger partial charge in [-0.05, 0) is 47.7 Å². The molecule has 0 unspecified atom stereocenters. The SMILES string of the molecule is NC(=O)c1ccc(-c2ccc(CNCCc3cccs3)s2)cc1OC(=O)C(F)(F)F. The number of hydrogen-bond donors (Lipinski definition) is 2. The zero-order chi connectivity index (χ0) is 21.7. The van der Waals surface area contributed by atoms with Gasteiger partial charge in [-0.1, -0.05) is 12.1 Å². The highest BCUT2D eigenvalue weighted by Crippen LogP contribution is 2.33. The molecule has 0 aliphatic rings. The molecule has 1 amide bonds. The zero-order valence-corrected chi connectivity index (χ0v) is 17.1. The van der Waals surface area contributed by atoms with Crippen molar-refractivity contribution in [3.63, 3.8) is 0 Å². The minimum atomic E-state index is -5.18. The lowest BCUT2D eigenvalue weighted by atomic mass is 10.1. The third kappa shape index (κ3) is 5.68. The highest BCUT2D eigenvalue weighted by molar-refractivity contribution is 7.15. The van der Waals surface area contributed by atoms with E-state index in [1.54, 1.807) is 17.4 Å². The maximum Gasteiger partial charge on any atom is 0.491 e. The van der Waals surface area contributed by atoms with Crippen molar-refractivity contribution in [2.45, 2.75) is 19.1 Å². The van der Waals surface area contributed by atoms with E-state index in [9.17, 15) is 22.8 Å². The Balaban J connectivity index is 1.70. The van der Waals surface area contributed by atoms with Crippen LogP contribution in [-0.4, -0.2) is 24.6 Å². The molecular formula is C20H17F3N2O3S2. The van der Waals surface area contributed by atoms with Crippen LogP contribution in [0.5, 0.6) is 5.75 Å². The summed E-state index contributed by atoms with van der Waals surface area (Å²) in [6.07, 6.45) is -4.26. The molecule has 158 valence electrons. The van der Waals surface area contributed by atoms with Crippen molar-refractivity contribution >= 4 is 34.6 Å². The second-order valence-electron chi connectivity index (χ2n) is 6.23. The lowest BCUT2D eigenvalue weighted by Crippen LogP contribution is -2.29. The van der Waals surface area contributed by atoms with Gasteiger partial charge in [0.15, 0.2) is 0 Å². The van der Waals surface area contributed by atoms with E-state index < -0.39 is 23.8 Å². The number of esters is 1. The number of carbonyl (C=O) groups is 2. The Hall–Kier alpha value is -2.69. The molecule has 3 N–H and O–H groups in total. The summed E-state index contributed by atoms with van der Waals surface area (Å²) in [6.45, 7) is 1.46. The first-order chi connectivity index (χ1) is 14.2. The molecule has 5 nitrogen and oxygen atoms in total. The van der Waals surface area contributed by atoms with Gasteiger partial charge in [0.05, 0.1) is 5.56 Å². The van der Waals surface area contributed by atoms with Crippen molar-refractivity contribution in [2.75, 3.05) is 6.54 Å². The van der Waals surface area contributed by atoms with Gasteiger partial charge in [-0.2, -0.15) is 13.2 Å². The van der Waals surface area contributed by atoms with E-state index in [0.29, 0.717) is 12.1 Å². The summed E-state index contributed by atoms with van der Waals surface area (Å²) >= 11 is 3.15. The number of alkyl halides is 3. The molecule has 0 spiro atoms. The number of primary amides is 1. The normalized spacial score (nSPS) is 11.4. The van der Waals surface area contributed by atoms with E-state index in [-0.39, 0.29) is 5.56 Å². The van der Waals surface area contributed by atoms with Crippen molar-refractivity contribution in [1.82, 2.24) is 5.32 Å². The highest BCUT2D eigenvalue weighted by Gasteiger charge is 2.41. The minimum absolute atomic E-state index is 0.302. The standard InChI is InChI=1S/C20H17F3N2O3S2/c21-20(22,23)19(27)28-16-10-12(3-5-15(16)18(24)26)17-6-4-14(30-17)11-25-8-7-13-2-1-9-29-13/h1-6,9-10,25H,7-8,11H2,(H2,24,26). The Bertz CT molecular complexity index is 1030. The summed E-state index contributed by atoms with van der Waals surface area (Å²) < 4.78 is 42.0. The van der Waals surface area contributed by atoms with Crippen LogP contribution < -0.4 is 15.8 Å². The summed E-state index contributed by atoms with van der Waals surface area (Å²) in [5, 5.41) is 5.38. The van der Waals surface area contributed by atoms with Gasteiger partial charge in [-0.25, -0.2) is 4.79 Å². The Kier molecular flexibility index (Phi) is 6.91. The molecule has 10 heteroatoms. The highest BCUT2D eigenvalue weighted by atomic mass is 32.1. The van der Waals surface area contributed by atoms with Gasteiger partial charge in [0, 0.05) is 27.7 Å². The summed E-state index contributed by atoms with van der Waals surface area (Å²) in [7, 11) is 0. The number of benzene rings is 1. The molecule has 2 heterocycles. The molecule has 3 aromatic rings. The van der Waals surface area contributed by atoms with E-state index in [1.165, 1.54) is 28.3 Å². The van der Waals surface area contributed by atoms with E-state index in [4.69, 9.17) is 5.73 Å². The van der Waals surface area contributed by atoms with Crippen LogP contribution in [0.3, 0.4) is 0 Å². The first kappa shape index (κ1) is 22.0. The summed E-state index contributed by atoms with van der Waals surface area (Å²) in [5.74, 6) is -3.93. The summed E-state index contributed by atoms with van der Waals surface area (Å²) in [4.78, 5) is 25.8. The Labute approximate surface area is 178 Å². The zero-order valence-electron chi connectivity index (χ0n) is 15.5. The van der Waals surface area contributed by atoms with Crippen molar-refractivity contribution in [1.29, 1.82) is 0 Å². The fourth-order valence-electron chi connectivity index (χ4n) is 2.63. The van der Waals surface area contributed by atoms with Crippen LogP contribution in [0.1, 0.15) is 20.1 Å². The van der Waals surface area contributed by atoms with Gasteiger partial charge in [-0.3, -0.25) is 4.79 Å². The molecule has 0 radical (unpaired) electrons. The number of ether oxygens (including phenoxy) is 1. The number of nitrogens with one attached hydrogen (secondary N) is 1. The van der Waals surface area contributed by atoms with Crippen molar-refractivity contribution in [2.24, 2.45) is 5.73 Å². The molecule has 0 fully saturated rings. The van der Waals surface area contributed by atoms with Crippen LogP contribution in [0.25, 0.3) is 10.4 Å². The van der Waals surface area contributed by atoms with Crippen LogP contribution in [0.4, 0.5) is 13.2 Å². The maximum absolute atomic E-state index is 12.5. The molecule has 1 aromatic carbocycles. The van der Waals surface area contributed by atoms with E-state index in [2.05, 4.69) is 16.1 Å². The summed E-state index contributed by atoms with van der Waals surface area (Å²) in [6, 6.07) is 11.8. The van der Waals surface area contributed by atoms with E-state index >= 15 is 0 Å². The number of carbonyl (C=O) groups excluding carboxylic acids is 2. The Morgan fingerprint density at radius 3 is 2.57 bits per heavy atom. The Morgan fingerprint density at radius 2 is 1.90 bits per heavy atom. The largest absolute Gasteiger partial charge is 0.491 e. The lowest BCUT2D eigenvalue weighted by Gasteiger charge is -2.11. The van der Waals surface area contributed by atoms with Crippen LogP contribution in [0.2, 0.25) is 0 Å². The van der Waals surface area contributed by atoms with Crippen LogP contribution >= 0.6 is 22.7 Å². The van der Waals surface area contributed by atoms with Gasteiger partial charge < -0.3 is 15.8 Å². The quantitative estimate of drug-likeness (QED) is 0.301. The number of nitrogens with two attached hydrogens (primary N) is 1. The number of thiophene rings is 2. The number of hydrogen-bond acceptors (Lipinski definition) is 6. The Morgan fingerprint density at radius 1 is 1.10 bits per heavy atom. The monoisotopic (exact) mass is 454 g/mol. The molecule has 0 aliphatic carbocycles. The van der Waals surface area contributed by atoms with Crippen molar-refractivity contribution in [3.8, 4) is 16.2 Å². The van der Waals surface area contributed by atoms with E-state index in [1.807, 2.05) is 23.6 Å². The van der Waals surface area contributed by atoms with Crippen molar-refractivity contribution < 1.29 is 27.5 Å². The molecule has 0 bridgehead atoms. The second kappa shape index (κ2) is 9.41. The van der Waals surface area contributed by atoms with E-state index in [0.717, 1.165) is 22.7 Å². The lowest BCUT2D eigenvalue weighted by molar-refractivity contribution is -0.189. The smallest absolute Gasteiger partial charge is 0.419 e. The minimum Gasteiger partial charge on any atom is -0.419 e. The average Bonchev–Trinajstić information content (AvgIpc) is 3.36. The fraction of sp³-hybridized carbons (Fsp3) is 0.200. The topological polar surface area (TPSA) is 81.4 Å². The molecule has 3 rings (SSSR count). The summed E-state index contributed by atoms with van der Waals surface area (Å²) in [5.41, 5.74) is 5.39. The first-order valence-electron chi connectivity index (χ1n) is 8.79. The number of halogens is 3. The molecule has 2 aromatic heterocycles. The van der Waals surface area contributed by atoms with Gasteiger partial charge in [0.2, 0.25) is 0 Å². The van der Waals surface area contributed by atoms with Gasteiger partial charge in [-0.15, -0.1) is 22.7 Å².